The Kier molecular flexibility index (Phi) is 5.60. The molecule has 1 heterocycles. The summed E-state index contributed by atoms with van der Waals surface area (Å²) < 4.78 is 10.2. The maximum absolute atomic E-state index is 11.8. The highest BCUT2D eigenvalue weighted by Crippen LogP contribution is 2.01. The van der Waals surface area contributed by atoms with Gasteiger partial charge in [-0.2, -0.15) is 0 Å². The maximum Gasteiger partial charge on any atom is 0.251 e. The van der Waals surface area contributed by atoms with Crippen molar-refractivity contribution in [1.82, 2.24) is 10.2 Å². The van der Waals surface area contributed by atoms with Crippen LogP contribution in [0.3, 0.4) is 0 Å². The fourth-order valence-electron chi connectivity index (χ4n) is 1.52. The van der Waals surface area contributed by atoms with E-state index in [1.54, 1.807) is 14.0 Å². The van der Waals surface area contributed by atoms with Crippen LogP contribution in [-0.2, 0) is 14.3 Å². The minimum Gasteiger partial charge on any atom is -0.382 e. The molecule has 5 heteroatoms. The molecule has 0 aromatic carbocycles. The van der Waals surface area contributed by atoms with Crippen molar-refractivity contribution in [3.05, 3.63) is 0 Å². The van der Waals surface area contributed by atoms with Crippen molar-refractivity contribution in [3.8, 4) is 0 Å². The predicted octanol–water partition coefficient (Wildman–Crippen LogP) is -0.530. The summed E-state index contributed by atoms with van der Waals surface area (Å²) in [5.41, 5.74) is 0. The molecule has 1 saturated heterocycles. The third kappa shape index (κ3) is 4.15. The molecule has 5 nitrogen and oxygen atoms in total. The maximum atomic E-state index is 11.8. The van der Waals surface area contributed by atoms with Crippen LogP contribution in [0.5, 0.6) is 0 Å². The van der Waals surface area contributed by atoms with Crippen molar-refractivity contribution in [2.45, 2.75) is 13.0 Å². The highest BCUT2D eigenvalue weighted by molar-refractivity contribution is 5.80. The number of nitrogens with one attached hydrogen (secondary N) is 1. The highest BCUT2D eigenvalue weighted by Gasteiger charge is 2.21. The molecule has 1 amide bonds. The Labute approximate surface area is 90.7 Å². The van der Waals surface area contributed by atoms with E-state index >= 15 is 0 Å². The Morgan fingerprint density at radius 2 is 2.07 bits per heavy atom. The fraction of sp³-hybridized carbons (Fsp3) is 0.900. The summed E-state index contributed by atoms with van der Waals surface area (Å²) >= 11 is 0. The van der Waals surface area contributed by atoms with Gasteiger partial charge in [0.2, 0.25) is 0 Å². The van der Waals surface area contributed by atoms with Gasteiger partial charge in [0.1, 0.15) is 6.10 Å². The largest absolute Gasteiger partial charge is 0.382 e. The Morgan fingerprint density at radius 3 is 2.67 bits per heavy atom. The molecule has 0 radical (unpaired) electrons. The lowest BCUT2D eigenvalue weighted by atomic mass is 10.3. The number of nitrogens with zero attached hydrogens (tertiary/aromatic N) is 1. The number of amides is 1. The third-order valence-electron chi connectivity index (χ3n) is 2.43. The monoisotopic (exact) mass is 216 g/mol. The van der Waals surface area contributed by atoms with Crippen molar-refractivity contribution >= 4 is 5.91 Å². The lowest BCUT2D eigenvalue weighted by molar-refractivity contribution is -0.143. The summed E-state index contributed by atoms with van der Waals surface area (Å²) in [6, 6.07) is 0. The Bertz CT molecular complexity index is 193. The molecule has 0 aromatic heterocycles. The number of hydrogen-bond donors (Lipinski definition) is 1. The number of ether oxygens (including phenoxy) is 2. The Hall–Kier alpha value is -0.650. The second-order valence-corrected chi connectivity index (χ2v) is 3.58. The zero-order valence-corrected chi connectivity index (χ0v) is 9.49. The molecule has 1 rings (SSSR count). The average molecular weight is 216 g/mol. The average Bonchev–Trinajstić information content (AvgIpc) is 2.29. The minimum absolute atomic E-state index is 0.0765. The summed E-state index contributed by atoms with van der Waals surface area (Å²) in [6.07, 6.45) is -0.363. The molecule has 1 atom stereocenters. The topological polar surface area (TPSA) is 50.8 Å². The van der Waals surface area contributed by atoms with Crippen LogP contribution in [0.15, 0.2) is 0 Å². The van der Waals surface area contributed by atoms with E-state index < -0.39 is 0 Å². The number of methoxy groups -OCH3 is 1. The molecule has 0 aromatic rings. The van der Waals surface area contributed by atoms with Crippen molar-refractivity contribution in [2.24, 2.45) is 0 Å². The summed E-state index contributed by atoms with van der Waals surface area (Å²) in [5, 5.41) is 3.21. The molecule has 0 bridgehead atoms. The normalized spacial score (nSPS) is 18.9. The first-order chi connectivity index (χ1) is 7.25. The van der Waals surface area contributed by atoms with Crippen LogP contribution in [-0.4, -0.2) is 63.4 Å². The van der Waals surface area contributed by atoms with Gasteiger partial charge in [-0.3, -0.25) is 4.79 Å². The molecule has 0 aliphatic carbocycles. The third-order valence-corrected chi connectivity index (χ3v) is 2.43. The molecule has 1 N–H and O–H groups in total. The van der Waals surface area contributed by atoms with Gasteiger partial charge < -0.3 is 19.7 Å². The second kappa shape index (κ2) is 6.76. The first-order valence-corrected chi connectivity index (χ1v) is 5.35. The van der Waals surface area contributed by atoms with Crippen molar-refractivity contribution < 1.29 is 14.3 Å². The molecule has 1 aliphatic heterocycles. The SMILES string of the molecule is COCCOC(C)C(=O)N1CCNCC1. The van der Waals surface area contributed by atoms with E-state index in [0.29, 0.717) is 13.2 Å². The van der Waals surface area contributed by atoms with Gasteiger partial charge in [-0.15, -0.1) is 0 Å². The van der Waals surface area contributed by atoms with Gasteiger partial charge in [0.25, 0.3) is 5.91 Å². The smallest absolute Gasteiger partial charge is 0.251 e. The zero-order valence-electron chi connectivity index (χ0n) is 9.49. The van der Waals surface area contributed by atoms with Crippen LogP contribution in [0.25, 0.3) is 0 Å². The van der Waals surface area contributed by atoms with Gasteiger partial charge in [-0.1, -0.05) is 0 Å². The van der Waals surface area contributed by atoms with E-state index in [1.165, 1.54) is 0 Å². The number of piperazine rings is 1. The van der Waals surface area contributed by atoms with E-state index in [-0.39, 0.29) is 12.0 Å². The molecule has 0 saturated carbocycles. The van der Waals surface area contributed by atoms with E-state index in [2.05, 4.69) is 5.32 Å². The van der Waals surface area contributed by atoms with Crippen molar-refractivity contribution in [3.63, 3.8) is 0 Å². The molecule has 88 valence electrons. The Balaban J connectivity index is 2.24. The zero-order chi connectivity index (χ0) is 11.1. The number of hydrogen-bond acceptors (Lipinski definition) is 4. The van der Waals surface area contributed by atoms with Gasteiger partial charge in [-0.25, -0.2) is 0 Å². The van der Waals surface area contributed by atoms with Crippen LogP contribution >= 0.6 is 0 Å². The van der Waals surface area contributed by atoms with E-state index in [9.17, 15) is 4.79 Å². The minimum atomic E-state index is -0.363. The van der Waals surface area contributed by atoms with E-state index in [1.807, 2.05) is 4.90 Å². The summed E-state index contributed by atoms with van der Waals surface area (Å²) in [4.78, 5) is 13.7. The Morgan fingerprint density at radius 1 is 1.40 bits per heavy atom. The van der Waals surface area contributed by atoms with Crippen LogP contribution in [0.1, 0.15) is 6.92 Å². The molecular weight excluding hydrogens is 196 g/mol. The summed E-state index contributed by atoms with van der Waals surface area (Å²) in [5.74, 6) is 0.0765. The van der Waals surface area contributed by atoms with E-state index in [0.717, 1.165) is 26.2 Å². The van der Waals surface area contributed by atoms with Crippen molar-refractivity contribution in [2.75, 3.05) is 46.5 Å². The lowest BCUT2D eigenvalue weighted by Crippen LogP contribution is -2.49. The standard InChI is InChI=1S/C10H20N2O3/c1-9(15-8-7-14-2)10(13)12-5-3-11-4-6-12/h9,11H,3-8H2,1-2H3. The first-order valence-electron chi connectivity index (χ1n) is 5.35. The van der Waals surface area contributed by atoms with Gasteiger partial charge in [0.15, 0.2) is 0 Å². The molecule has 1 unspecified atom stereocenters. The molecule has 0 spiro atoms. The summed E-state index contributed by atoms with van der Waals surface area (Å²) in [7, 11) is 1.62. The van der Waals surface area contributed by atoms with Gasteiger partial charge in [0, 0.05) is 33.3 Å². The molecule has 1 fully saturated rings. The summed E-state index contributed by atoms with van der Waals surface area (Å²) in [6.45, 7) is 6.08. The first kappa shape index (κ1) is 12.4. The quantitative estimate of drug-likeness (QED) is 0.628. The van der Waals surface area contributed by atoms with E-state index in [4.69, 9.17) is 9.47 Å². The fourth-order valence-corrected chi connectivity index (χ4v) is 1.52. The van der Waals surface area contributed by atoms with Crippen LogP contribution in [0.4, 0.5) is 0 Å². The van der Waals surface area contributed by atoms with Gasteiger partial charge >= 0.3 is 0 Å². The lowest BCUT2D eigenvalue weighted by Gasteiger charge is -2.29. The van der Waals surface area contributed by atoms with Crippen LogP contribution in [0, 0.1) is 0 Å². The number of carbonyl (C=O) groups is 1. The number of rotatable bonds is 5. The highest BCUT2D eigenvalue weighted by atomic mass is 16.5. The molecule has 1 aliphatic rings. The van der Waals surface area contributed by atoms with Crippen molar-refractivity contribution in [1.29, 1.82) is 0 Å². The van der Waals surface area contributed by atoms with Gasteiger partial charge in [-0.05, 0) is 6.92 Å². The molecule has 15 heavy (non-hydrogen) atoms. The van der Waals surface area contributed by atoms with Crippen LogP contribution in [0.2, 0.25) is 0 Å². The van der Waals surface area contributed by atoms with Crippen LogP contribution < -0.4 is 5.32 Å². The van der Waals surface area contributed by atoms with Gasteiger partial charge in [0.05, 0.1) is 13.2 Å². The second-order valence-electron chi connectivity index (χ2n) is 3.58. The predicted molar refractivity (Wildman–Crippen MR) is 56.7 cm³/mol. The number of carbonyl (C=O) groups excluding carboxylic acids is 1. The molecular formula is C10H20N2O3.